The third-order valence-electron chi connectivity index (χ3n) is 2.26. The van der Waals surface area contributed by atoms with Crippen molar-refractivity contribution in [2.24, 2.45) is 0 Å². The summed E-state index contributed by atoms with van der Waals surface area (Å²) >= 11 is 0. The lowest BCUT2D eigenvalue weighted by Crippen LogP contribution is -1.94. The Morgan fingerprint density at radius 3 is 2.78 bits per heavy atom. The van der Waals surface area contributed by atoms with Crippen LogP contribution in [0, 0.1) is 5.41 Å². The Bertz CT molecular complexity index is 615. The Morgan fingerprint density at radius 2 is 2.11 bits per heavy atom. The quantitative estimate of drug-likeness (QED) is 0.562. The van der Waals surface area contributed by atoms with Crippen molar-refractivity contribution in [2.75, 3.05) is 5.73 Å². The number of nitrogen functional groups attached to an aromatic ring is 1. The van der Waals surface area contributed by atoms with Crippen molar-refractivity contribution in [1.29, 1.82) is 5.41 Å². The highest BCUT2D eigenvalue weighted by Crippen LogP contribution is 2.04. The first kappa shape index (κ1) is 11.7. The summed E-state index contributed by atoms with van der Waals surface area (Å²) in [6, 6.07) is 7.37. The van der Waals surface area contributed by atoms with Crippen LogP contribution in [0.3, 0.4) is 0 Å². The van der Waals surface area contributed by atoms with Crippen LogP contribution in [0.5, 0.6) is 0 Å². The molecule has 0 saturated carbocycles. The van der Waals surface area contributed by atoms with Crippen molar-refractivity contribution in [3.05, 3.63) is 48.4 Å². The Kier molecular flexibility index (Phi) is 3.60. The molecule has 0 aromatic carbocycles. The molecule has 0 aliphatic heterocycles. The number of hydrogen-bond acceptors (Lipinski definition) is 5. The second-order valence-corrected chi connectivity index (χ2v) is 3.44. The summed E-state index contributed by atoms with van der Waals surface area (Å²) in [4.78, 5) is 6.72. The Labute approximate surface area is 103 Å². The van der Waals surface area contributed by atoms with Gasteiger partial charge in [0.25, 0.3) is 0 Å². The van der Waals surface area contributed by atoms with Gasteiger partial charge in [0.05, 0.1) is 6.20 Å². The van der Waals surface area contributed by atoms with E-state index < -0.39 is 0 Å². The molecular weight excluding hydrogens is 228 g/mol. The van der Waals surface area contributed by atoms with Gasteiger partial charge < -0.3 is 16.1 Å². The average molecular weight is 240 g/mol. The molecule has 0 bridgehead atoms. The Hall–Kier alpha value is -2.76. The smallest absolute Gasteiger partial charge is 0.159 e. The molecule has 6 nitrogen and oxygen atoms in total. The van der Waals surface area contributed by atoms with Crippen LogP contribution in [-0.2, 0) is 0 Å². The minimum Gasteiger partial charge on any atom is -0.383 e. The summed E-state index contributed by atoms with van der Waals surface area (Å²) in [5.41, 5.74) is 6.88. The highest BCUT2D eigenvalue weighted by Gasteiger charge is 1.90. The normalized spacial score (nSPS) is 9.56. The van der Waals surface area contributed by atoms with E-state index in [9.17, 15) is 0 Å². The van der Waals surface area contributed by atoms with Gasteiger partial charge in [0.1, 0.15) is 5.82 Å². The summed E-state index contributed by atoms with van der Waals surface area (Å²) < 4.78 is 0. The van der Waals surface area contributed by atoms with Crippen LogP contribution in [0.15, 0.2) is 42.9 Å². The van der Waals surface area contributed by atoms with Crippen molar-refractivity contribution in [3.63, 3.8) is 0 Å². The first-order chi connectivity index (χ1) is 8.81. The van der Waals surface area contributed by atoms with E-state index in [0.717, 1.165) is 11.0 Å². The molecule has 0 aliphatic rings. The van der Waals surface area contributed by atoms with Gasteiger partial charge in [-0.05, 0) is 24.3 Å². The molecular formula is C12H12N6. The molecule has 0 amide bonds. The second kappa shape index (κ2) is 5.53. The number of aromatic nitrogens is 4. The van der Waals surface area contributed by atoms with Gasteiger partial charge >= 0.3 is 0 Å². The second-order valence-electron chi connectivity index (χ2n) is 3.44. The average Bonchev–Trinajstić information content (AvgIpc) is 2.88. The van der Waals surface area contributed by atoms with Crippen LogP contribution < -0.4 is 5.73 Å². The third-order valence-corrected chi connectivity index (χ3v) is 2.26. The fourth-order valence-corrected chi connectivity index (χ4v) is 1.35. The summed E-state index contributed by atoms with van der Waals surface area (Å²) in [7, 11) is 0. The molecule has 0 fully saturated rings. The zero-order valence-corrected chi connectivity index (χ0v) is 9.54. The zero-order chi connectivity index (χ0) is 12.8. The largest absolute Gasteiger partial charge is 0.383 e. The SMILES string of the molecule is N=Cc1cccnc1N.c1cc2cc[nH]c2nn1. The maximum Gasteiger partial charge on any atom is 0.159 e. The summed E-state index contributed by atoms with van der Waals surface area (Å²) in [5, 5.41) is 15.5. The van der Waals surface area contributed by atoms with Crippen LogP contribution in [0.25, 0.3) is 11.0 Å². The van der Waals surface area contributed by atoms with Gasteiger partial charge in [0.2, 0.25) is 0 Å². The number of H-pyrrole nitrogens is 1. The van der Waals surface area contributed by atoms with Gasteiger partial charge in [0.15, 0.2) is 5.65 Å². The molecule has 3 rings (SSSR count). The van der Waals surface area contributed by atoms with Crippen molar-refractivity contribution < 1.29 is 0 Å². The molecule has 0 radical (unpaired) electrons. The van der Waals surface area contributed by atoms with E-state index >= 15 is 0 Å². The minimum atomic E-state index is 0.410. The van der Waals surface area contributed by atoms with Crippen LogP contribution >= 0.6 is 0 Å². The van der Waals surface area contributed by atoms with Crippen LogP contribution in [0.2, 0.25) is 0 Å². The molecule has 6 heteroatoms. The number of nitrogens with two attached hydrogens (primary N) is 1. The highest BCUT2D eigenvalue weighted by molar-refractivity contribution is 5.82. The van der Waals surface area contributed by atoms with Gasteiger partial charge in [-0.2, -0.15) is 5.10 Å². The van der Waals surface area contributed by atoms with Gasteiger partial charge in [-0.25, -0.2) is 4.98 Å². The maximum absolute atomic E-state index is 6.84. The van der Waals surface area contributed by atoms with E-state index in [1.165, 1.54) is 6.21 Å². The van der Waals surface area contributed by atoms with Crippen molar-refractivity contribution in [2.45, 2.75) is 0 Å². The lowest BCUT2D eigenvalue weighted by molar-refractivity contribution is 1.06. The fraction of sp³-hybridized carbons (Fsp3) is 0. The first-order valence-electron chi connectivity index (χ1n) is 5.27. The number of anilines is 1. The third kappa shape index (κ3) is 2.67. The van der Waals surface area contributed by atoms with Crippen molar-refractivity contribution >= 4 is 23.1 Å². The van der Waals surface area contributed by atoms with E-state index in [1.807, 2.05) is 18.3 Å². The standard InChI is InChI=1S/C6H5N3.C6H7N3/c1-3-7-6-5(1)2-4-8-9-6;7-4-5-2-1-3-9-6(5)8/h1-4H,(H,7,9);1-4,7H,(H2,8,9). The number of rotatable bonds is 1. The van der Waals surface area contributed by atoms with E-state index in [2.05, 4.69) is 20.2 Å². The number of aromatic amines is 1. The lowest BCUT2D eigenvalue weighted by atomic mass is 10.3. The zero-order valence-electron chi connectivity index (χ0n) is 9.54. The summed E-state index contributed by atoms with van der Waals surface area (Å²) in [5.74, 6) is 0.410. The number of hydrogen-bond donors (Lipinski definition) is 3. The molecule has 0 saturated heterocycles. The molecule has 4 N–H and O–H groups in total. The van der Waals surface area contributed by atoms with Gasteiger partial charge in [-0.3, -0.25) is 0 Å². The van der Waals surface area contributed by atoms with E-state index in [0.29, 0.717) is 11.4 Å². The number of nitrogens with one attached hydrogen (secondary N) is 2. The van der Waals surface area contributed by atoms with E-state index in [-0.39, 0.29) is 0 Å². The maximum atomic E-state index is 6.84. The summed E-state index contributed by atoms with van der Waals surface area (Å²) in [6.07, 6.45) is 6.31. The Balaban J connectivity index is 0.000000134. The number of pyridine rings is 1. The predicted octanol–water partition coefficient (Wildman–Crippen LogP) is 1.62. The van der Waals surface area contributed by atoms with Gasteiger partial charge in [-0.1, -0.05) is 0 Å². The van der Waals surface area contributed by atoms with Crippen molar-refractivity contribution in [3.8, 4) is 0 Å². The molecule has 0 aliphatic carbocycles. The molecule has 3 aromatic rings. The number of nitrogens with zero attached hydrogens (tertiary/aromatic N) is 3. The molecule has 0 unspecified atom stereocenters. The van der Waals surface area contributed by atoms with Crippen LogP contribution in [0.4, 0.5) is 5.82 Å². The molecule has 3 heterocycles. The fourth-order valence-electron chi connectivity index (χ4n) is 1.35. The van der Waals surface area contributed by atoms with E-state index in [4.69, 9.17) is 11.1 Å². The lowest BCUT2D eigenvalue weighted by Gasteiger charge is -1.93. The highest BCUT2D eigenvalue weighted by atomic mass is 15.1. The molecule has 0 atom stereocenters. The molecule has 18 heavy (non-hydrogen) atoms. The van der Waals surface area contributed by atoms with Crippen LogP contribution in [0.1, 0.15) is 5.56 Å². The molecule has 3 aromatic heterocycles. The summed E-state index contributed by atoms with van der Waals surface area (Å²) in [6.45, 7) is 0. The minimum absolute atomic E-state index is 0.410. The predicted molar refractivity (Wildman–Crippen MR) is 70.4 cm³/mol. The van der Waals surface area contributed by atoms with E-state index in [1.54, 1.807) is 24.5 Å². The number of fused-ring (bicyclic) bond motifs is 1. The topological polar surface area (TPSA) is 104 Å². The molecule has 0 spiro atoms. The molecule has 90 valence electrons. The van der Waals surface area contributed by atoms with Gasteiger partial charge in [0, 0.05) is 29.6 Å². The Morgan fingerprint density at radius 1 is 1.22 bits per heavy atom. The van der Waals surface area contributed by atoms with Gasteiger partial charge in [-0.15, -0.1) is 5.10 Å². The first-order valence-corrected chi connectivity index (χ1v) is 5.27. The van der Waals surface area contributed by atoms with Crippen molar-refractivity contribution in [1.82, 2.24) is 20.2 Å². The van der Waals surface area contributed by atoms with Crippen LogP contribution in [-0.4, -0.2) is 26.4 Å². The monoisotopic (exact) mass is 240 g/mol.